The number of benzene rings is 1. The van der Waals surface area contributed by atoms with Crippen molar-refractivity contribution in [2.24, 2.45) is 5.92 Å². The minimum Gasteiger partial charge on any atom is -0.316 e. The summed E-state index contributed by atoms with van der Waals surface area (Å²) >= 11 is 0. The largest absolute Gasteiger partial charge is 0.416 e. The first-order valence-electron chi connectivity index (χ1n) is 7.32. The zero-order valence-corrected chi connectivity index (χ0v) is 12.1. The molecule has 2 unspecified atom stereocenters. The van der Waals surface area contributed by atoms with Crippen LogP contribution in [0.1, 0.15) is 44.2 Å². The van der Waals surface area contributed by atoms with E-state index in [2.05, 4.69) is 19.2 Å². The molecule has 1 aliphatic rings. The van der Waals surface area contributed by atoms with Crippen molar-refractivity contribution in [1.29, 1.82) is 0 Å². The molecule has 20 heavy (non-hydrogen) atoms. The Morgan fingerprint density at radius 1 is 1.30 bits per heavy atom. The summed E-state index contributed by atoms with van der Waals surface area (Å²) in [6.45, 7) is 5.89. The highest BCUT2D eigenvalue weighted by molar-refractivity contribution is 5.38. The summed E-state index contributed by atoms with van der Waals surface area (Å²) in [7, 11) is 0. The van der Waals surface area contributed by atoms with Crippen LogP contribution in [0.2, 0.25) is 0 Å². The van der Waals surface area contributed by atoms with Crippen LogP contribution in [0.3, 0.4) is 0 Å². The van der Waals surface area contributed by atoms with Crippen LogP contribution in [0.5, 0.6) is 0 Å². The molecular weight excluding hydrogens is 263 g/mol. The fourth-order valence-electron chi connectivity index (χ4n) is 3.08. The van der Waals surface area contributed by atoms with Gasteiger partial charge in [0.15, 0.2) is 0 Å². The Kier molecular flexibility index (Phi) is 4.43. The summed E-state index contributed by atoms with van der Waals surface area (Å²) in [4.78, 5) is 0. The molecule has 0 bridgehead atoms. The molecule has 0 amide bonds. The van der Waals surface area contributed by atoms with E-state index in [4.69, 9.17) is 0 Å². The smallest absolute Gasteiger partial charge is 0.316 e. The van der Waals surface area contributed by atoms with Gasteiger partial charge < -0.3 is 5.32 Å². The molecule has 1 aromatic rings. The van der Waals surface area contributed by atoms with Gasteiger partial charge in [0, 0.05) is 12.0 Å². The second-order valence-corrected chi connectivity index (χ2v) is 5.72. The van der Waals surface area contributed by atoms with Gasteiger partial charge in [-0.2, -0.15) is 13.2 Å². The lowest BCUT2D eigenvalue weighted by molar-refractivity contribution is -0.137. The van der Waals surface area contributed by atoms with Gasteiger partial charge in [-0.15, -0.1) is 0 Å². The Labute approximate surface area is 118 Å². The average molecular weight is 285 g/mol. The van der Waals surface area contributed by atoms with Crippen molar-refractivity contribution in [3.63, 3.8) is 0 Å². The quantitative estimate of drug-likeness (QED) is 0.765. The molecule has 1 nitrogen and oxygen atoms in total. The number of rotatable bonds is 6. The minimum atomic E-state index is -4.26. The van der Waals surface area contributed by atoms with Crippen LogP contribution in [0, 0.1) is 5.92 Å². The van der Waals surface area contributed by atoms with Crippen molar-refractivity contribution in [3.8, 4) is 0 Å². The lowest BCUT2D eigenvalue weighted by Gasteiger charge is -2.20. The van der Waals surface area contributed by atoms with Gasteiger partial charge in [0.05, 0.1) is 5.56 Å². The zero-order valence-electron chi connectivity index (χ0n) is 12.1. The maximum atomic E-state index is 12.8. The summed E-state index contributed by atoms with van der Waals surface area (Å²) in [6, 6.07) is 5.87. The van der Waals surface area contributed by atoms with E-state index in [-0.39, 0.29) is 5.41 Å². The SMILES string of the molecule is CCCNCC1(c2cccc(C(F)(F)F)c2)CC1CC. The van der Waals surface area contributed by atoms with Crippen molar-refractivity contribution in [2.75, 3.05) is 13.1 Å². The third-order valence-corrected chi connectivity index (χ3v) is 4.36. The van der Waals surface area contributed by atoms with Crippen LogP contribution in [0.25, 0.3) is 0 Å². The molecule has 0 saturated heterocycles. The van der Waals surface area contributed by atoms with E-state index in [1.54, 1.807) is 0 Å². The Morgan fingerprint density at radius 2 is 2.05 bits per heavy atom. The molecule has 2 atom stereocenters. The fraction of sp³-hybridized carbons (Fsp3) is 0.625. The molecule has 1 N–H and O–H groups in total. The third-order valence-electron chi connectivity index (χ3n) is 4.36. The van der Waals surface area contributed by atoms with Gasteiger partial charge in [-0.05, 0) is 36.9 Å². The van der Waals surface area contributed by atoms with Crippen LogP contribution >= 0.6 is 0 Å². The lowest BCUT2D eigenvalue weighted by atomic mass is 9.90. The van der Waals surface area contributed by atoms with Gasteiger partial charge in [0.1, 0.15) is 0 Å². The highest BCUT2D eigenvalue weighted by atomic mass is 19.4. The molecule has 0 aromatic heterocycles. The van der Waals surface area contributed by atoms with Crippen LogP contribution in [0.4, 0.5) is 13.2 Å². The van der Waals surface area contributed by atoms with Crippen LogP contribution in [0.15, 0.2) is 24.3 Å². The van der Waals surface area contributed by atoms with Crippen molar-refractivity contribution in [3.05, 3.63) is 35.4 Å². The summed E-state index contributed by atoms with van der Waals surface area (Å²) in [5.41, 5.74) is 0.208. The molecule has 0 spiro atoms. The van der Waals surface area contributed by atoms with E-state index in [1.165, 1.54) is 12.1 Å². The number of alkyl halides is 3. The highest BCUT2D eigenvalue weighted by Gasteiger charge is 2.53. The van der Waals surface area contributed by atoms with Gasteiger partial charge in [0.2, 0.25) is 0 Å². The van der Waals surface area contributed by atoms with Crippen LogP contribution in [-0.2, 0) is 11.6 Å². The van der Waals surface area contributed by atoms with E-state index in [0.717, 1.165) is 44.0 Å². The first-order chi connectivity index (χ1) is 9.44. The van der Waals surface area contributed by atoms with Gasteiger partial charge in [-0.3, -0.25) is 0 Å². The number of halogens is 3. The first-order valence-corrected chi connectivity index (χ1v) is 7.32. The predicted octanol–water partition coefficient (Wildman–Crippen LogP) is 4.37. The molecule has 4 heteroatoms. The predicted molar refractivity (Wildman–Crippen MR) is 74.7 cm³/mol. The van der Waals surface area contributed by atoms with E-state index in [0.29, 0.717) is 5.92 Å². The number of hydrogen-bond donors (Lipinski definition) is 1. The molecule has 1 aliphatic carbocycles. The summed E-state index contributed by atoms with van der Waals surface area (Å²) in [6.07, 6.45) is -1.22. The Balaban J connectivity index is 2.22. The summed E-state index contributed by atoms with van der Waals surface area (Å²) in [5, 5.41) is 3.38. The second-order valence-electron chi connectivity index (χ2n) is 5.72. The van der Waals surface area contributed by atoms with Gasteiger partial charge in [-0.25, -0.2) is 0 Å². The van der Waals surface area contributed by atoms with E-state index in [1.807, 2.05) is 6.07 Å². The Morgan fingerprint density at radius 3 is 2.60 bits per heavy atom. The molecule has 0 heterocycles. The third kappa shape index (κ3) is 3.00. The Bertz CT molecular complexity index is 455. The normalized spacial score (nSPS) is 25.8. The van der Waals surface area contributed by atoms with Gasteiger partial charge in [0.25, 0.3) is 0 Å². The number of hydrogen-bond acceptors (Lipinski definition) is 1. The molecule has 0 aliphatic heterocycles. The zero-order chi connectivity index (χ0) is 14.8. The van der Waals surface area contributed by atoms with Crippen molar-refractivity contribution in [1.82, 2.24) is 5.32 Å². The maximum absolute atomic E-state index is 12.8. The van der Waals surface area contributed by atoms with Crippen LogP contribution < -0.4 is 5.32 Å². The molecule has 0 radical (unpaired) electrons. The maximum Gasteiger partial charge on any atom is 0.416 e. The van der Waals surface area contributed by atoms with Crippen LogP contribution in [-0.4, -0.2) is 13.1 Å². The van der Waals surface area contributed by atoms with Gasteiger partial charge >= 0.3 is 6.18 Å². The molecule has 1 fully saturated rings. The Hall–Kier alpha value is -1.03. The molecule has 1 saturated carbocycles. The number of nitrogens with one attached hydrogen (secondary N) is 1. The topological polar surface area (TPSA) is 12.0 Å². The van der Waals surface area contributed by atoms with Crippen molar-refractivity contribution < 1.29 is 13.2 Å². The second kappa shape index (κ2) is 5.76. The molecule has 112 valence electrons. The summed E-state index contributed by atoms with van der Waals surface area (Å²) < 4.78 is 38.5. The van der Waals surface area contributed by atoms with Crippen molar-refractivity contribution in [2.45, 2.75) is 44.7 Å². The standard InChI is InChI=1S/C16H22F3N/c1-3-8-20-11-15(10-12(15)4-2)13-6-5-7-14(9-13)16(17,18)19/h5-7,9,12,20H,3-4,8,10-11H2,1-2H3. The van der Waals surface area contributed by atoms with E-state index < -0.39 is 11.7 Å². The summed E-state index contributed by atoms with van der Waals surface area (Å²) in [5.74, 6) is 0.496. The highest BCUT2D eigenvalue weighted by Crippen LogP contribution is 2.56. The van der Waals surface area contributed by atoms with Gasteiger partial charge in [-0.1, -0.05) is 38.5 Å². The molecular formula is C16H22F3N. The van der Waals surface area contributed by atoms with Crippen molar-refractivity contribution >= 4 is 0 Å². The first kappa shape index (κ1) is 15.4. The monoisotopic (exact) mass is 285 g/mol. The lowest BCUT2D eigenvalue weighted by Crippen LogP contribution is -2.29. The molecule has 1 aromatic carbocycles. The minimum absolute atomic E-state index is 0.0921. The van der Waals surface area contributed by atoms with E-state index in [9.17, 15) is 13.2 Å². The fourth-order valence-corrected chi connectivity index (χ4v) is 3.08. The van der Waals surface area contributed by atoms with E-state index >= 15 is 0 Å². The average Bonchev–Trinajstić information content (AvgIpc) is 3.13. The molecule has 2 rings (SSSR count).